The molecule has 0 bridgehead atoms. The van der Waals surface area contributed by atoms with Crippen LogP contribution < -0.4 is 9.04 Å². The normalized spacial score (nSPS) is 14.1. The fourth-order valence-electron chi connectivity index (χ4n) is 3.13. The standard InChI is InChI=1S/C17H12Cl2N2O3S/c18-13-2-1-11-3-6-21(16(11)8-13)25(23,24)17-9-14(19)7-12-10-20(22)5-4-15(12)17/h1-2,4-5,7-10H,3,6H2. The summed E-state index contributed by atoms with van der Waals surface area (Å²) in [5.41, 5.74) is 1.51. The highest BCUT2D eigenvalue weighted by Gasteiger charge is 2.32. The van der Waals surface area contributed by atoms with Crippen LogP contribution in [0.2, 0.25) is 10.0 Å². The van der Waals surface area contributed by atoms with Gasteiger partial charge in [0.25, 0.3) is 10.0 Å². The van der Waals surface area contributed by atoms with Gasteiger partial charge in [-0.3, -0.25) is 4.31 Å². The highest BCUT2D eigenvalue weighted by atomic mass is 35.5. The molecule has 0 unspecified atom stereocenters. The van der Waals surface area contributed by atoms with Crippen LogP contribution in [-0.2, 0) is 16.4 Å². The summed E-state index contributed by atoms with van der Waals surface area (Å²) in [5.74, 6) is 0. The molecule has 128 valence electrons. The Labute approximate surface area is 154 Å². The molecule has 0 atom stereocenters. The Morgan fingerprint density at radius 2 is 1.88 bits per heavy atom. The molecule has 2 aromatic carbocycles. The number of halogens is 2. The van der Waals surface area contributed by atoms with Gasteiger partial charge in [-0.05, 0) is 36.2 Å². The first-order chi connectivity index (χ1) is 11.9. The lowest BCUT2D eigenvalue weighted by Crippen LogP contribution is -2.29. The number of sulfonamides is 1. The first kappa shape index (κ1) is 16.4. The summed E-state index contributed by atoms with van der Waals surface area (Å²) < 4.78 is 28.6. The summed E-state index contributed by atoms with van der Waals surface area (Å²) in [6.07, 6.45) is 3.18. The van der Waals surface area contributed by atoms with E-state index in [1.54, 1.807) is 18.2 Å². The van der Waals surface area contributed by atoms with Crippen molar-refractivity contribution in [3.63, 3.8) is 0 Å². The van der Waals surface area contributed by atoms with Gasteiger partial charge in [-0.1, -0.05) is 29.3 Å². The third kappa shape index (κ3) is 2.70. The quantitative estimate of drug-likeness (QED) is 0.493. The maximum absolute atomic E-state index is 13.3. The smallest absolute Gasteiger partial charge is 0.265 e. The zero-order valence-electron chi connectivity index (χ0n) is 12.8. The Balaban J connectivity index is 1.94. The number of pyridine rings is 1. The predicted molar refractivity (Wildman–Crippen MR) is 97.6 cm³/mol. The Kier molecular flexibility index (Phi) is 3.79. The molecule has 8 heteroatoms. The maximum atomic E-state index is 13.3. The molecule has 1 aliphatic heterocycles. The lowest BCUT2D eigenvalue weighted by Gasteiger charge is -2.21. The Hall–Kier alpha value is -2.02. The minimum Gasteiger partial charge on any atom is -0.619 e. The maximum Gasteiger partial charge on any atom is 0.265 e. The Bertz CT molecular complexity index is 1110. The fraction of sp³-hybridized carbons (Fsp3) is 0.118. The van der Waals surface area contributed by atoms with Crippen LogP contribution >= 0.6 is 23.2 Å². The van der Waals surface area contributed by atoms with E-state index in [0.29, 0.717) is 39.2 Å². The second-order valence-electron chi connectivity index (χ2n) is 5.81. The van der Waals surface area contributed by atoms with Crippen molar-refractivity contribution in [1.82, 2.24) is 0 Å². The van der Waals surface area contributed by atoms with Crippen molar-refractivity contribution in [2.24, 2.45) is 0 Å². The molecular formula is C17H12Cl2N2O3S. The number of fused-ring (bicyclic) bond motifs is 2. The van der Waals surface area contributed by atoms with Crippen molar-refractivity contribution < 1.29 is 13.1 Å². The minimum absolute atomic E-state index is 0.0726. The van der Waals surface area contributed by atoms with Crippen molar-refractivity contribution >= 4 is 49.7 Å². The number of hydrogen-bond donors (Lipinski definition) is 0. The average molecular weight is 395 g/mol. The van der Waals surface area contributed by atoms with Gasteiger partial charge in [0.05, 0.1) is 10.6 Å². The van der Waals surface area contributed by atoms with Crippen LogP contribution in [0.3, 0.4) is 0 Å². The van der Waals surface area contributed by atoms with E-state index in [1.807, 2.05) is 6.07 Å². The molecule has 1 aliphatic rings. The lowest BCUT2D eigenvalue weighted by molar-refractivity contribution is -0.603. The first-order valence-electron chi connectivity index (χ1n) is 7.49. The molecule has 2 heterocycles. The van der Waals surface area contributed by atoms with Gasteiger partial charge in [-0.25, -0.2) is 8.42 Å². The third-order valence-electron chi connectivity index (χ3n) is 4.26. The summed E-state index contributed by atoms with van der Waals surface area (Å²) in [5, 5.41) is 13.2. The number of rotatable bonds is 2. The van der Waals surface area contributed by atoms with Crippen LogP contribution in [0.15, 0.2) is 53.7 Å². The van der Waals surface area contributed by atoms with Gasteiger partial charge in [0.15, 0.2) is 12.4 Å². The number of benzene rings is 2. The average Bonchev–Trinajstić information content (AvgIpc) is 2.97. The van der Waals surface area contributed by atoms with Crippen LogP contribution in [0.5, 0.6) is 0 Å². The molecular weight excluding hydrogens is 383 g/mol. The van der Waals surface area contributed by atoms with Gasteiger partial charge in [-0.2, -0.15) is 4.73 Å². The second-order valence-corrected chi connectivity index (χ2v) is 8.52. The second kappa shape index (κ2) is 5.76. The van der Waals surface area contributed by atoms with E-state index in [0.717, 1.165) is 5.56 Å². The third-order valence-corrected chi connectivity index (χ3v) is 6.57. The van der Waals surface area contributed by atoms with Crippen molar-refractivity contribution in [3.8, 4) is 0 Å². The van der Waals surface area contributed by atoms with Crippen LogP contribution in [0, 0.1) is 5.21 Å². The number of hydrogen-bond acceptors (Lipinski definition) is 3. The summed E-state index contributed by atoms with van der Waals surface area (Å²) in [6, 6.07) is 9.71. The fourth-order valence-corrected chi connectivity index (χ4v) is 5.33. The minimum atomic E-state index is -3.85. The highest BCUT2D eigenvalue weighted by molar-refractivity contribution is 7.93. The molecule has 0 radical (unpaired) electrons. The van der Waals surface area contributed by atoms with Crippen LogP contribution in [-0.4, -0.2) is 15.0 Å². The predicted octanol–water partition coefficient (Wildman–Crippen LogP) is 3.53. The van der Waals surface area contributed by atoms with E-state index < -0.39 is 10.0 Å². The summed E-state index contributed by atoms with van der Waals surface area (Å²) in [7, 11) is -3.85. The SMILES string of the molecule is O=S(=O)(c1cc(Cl)cc2c[n+]([O-])ccc12)N1CCc2ccc(Cl)cc21. The van der Waals surface area contributed by atoms with E-state index in [1.165, 1.54) is 28.8 Å². The zero-order chi connectivity index (χ0) is 17.8. The molecule has 3 aromatic rings. The van der Waals surface area contributed by atoms with Crippen molar-refractivity contribution in [1.29, 1.82) is 0 Å². The van der Waals surface area contributed by atoms with E-state index in [2.05, 4.69) is 0 Å². The van der Waals surface area contributed by atoms with E-state index in [9.17, 15) is 13.6 Å². The Morgan fingerprint density at radius 1 is 1.08 bits per heavy atom. The molecule has 1 aromatic heterocycles. The van der Waals surface area contributed by atoms with Crippen LogP contribution in [0.1, 0.15) is 5.56 Å². The van der Waals surface area contributed by atoms with Gasteiger partial charge >= 0.3 is 0 Å². The molecule has 4 rings (SSSR count). The van der Waals surface area contributed by atoms with E-state index in [-0.39, 0.29) is 9.92 Å². The van der Waals surface area contributed by atoms with E-state index in [4.69, 9.17) is 23.2 Å². The van der Waals surface area contributed by atoms with Crippen LogP contribution in [0.25, 0.3) is 10.8 Å². The lowest BCUT2D eigenvalue weighted by atomic mass is 10.2. The largest absolute Gasteiger partial charge is 0.619 e. The molecule has 5 nitrogen and oxygen atoms in total. The molecule has 0 saturated carbocycles. The molecule has 25 heavy (non-hydrogen) atoms. The highest BCUT2D eigenvalue weighted by Crippen LogP contribution is 2.37. The zero-order valence-corrected chi connectivity index (χ0v) is 15.1. The van der Waals surface area contributed by atoms with Gasteiger partial charge in [0.2, 0.25) is 0 Å². The first-order valence-corrected chi connectivity index (χ1v) is 9.69. The molecule has 0 saturated heterocycles. The summed E-state index contributed by atoms with van der Waals surface area (Å²) in [6.45, 7) is 0.334. The molecule has 0 aliphatic carbocycles. The molecule has 0 N–H and O–H groups in total. The van der Waals surface area contributed by atoms with Gasteiger partial charge in [0, 0.05) is 33.4 Å². The molecule has 0 fully saturated rings. The number of nitrogens with zero attached hydrogens (tertiary/aromatic N) is 2. The summed E-state index contributed by atoms with van der Waals surface area (Å²) in [4.78, 5) is 0.0726. The van der Waals surface area contributed by atoms with Crippen LogP contribution in [0.4, 0.5) is 5.69 Å². The topological polar surface area (TPSA) is 64.3 Å². The summed E-state index contributed by atoms with van der Waals surface area (Å²) >= 11 is 12.1. The van der Waals surface area contributed by atoms with Gasteiger partial charge in [-0.15, -0.1) is 0 Å². The van der Waals surface area contributed by atoms with E-state index >= 15 is 0 Å². The number of aromatic nitrogens is 1. The van der Waals surface area contributed by atoms with Crippen molar-refractivity contribution in [3.05, 3.63) is 69.6 Å². The molecule has 0 spiro atoms. The van der Waals surface area contributed by atoms with Crippen molar-refractivity contribution in [2.75, 3.05) is 10.8 Å². The monoisotopic (exact) mass is 394 g/mol. The number of anilines is 1. The van der Waals surface area contributed by atoms with Gasteiger partial charge in [0.1, 0.15) is 0 Å². The van der Waals surface area contributed by atoms with Crippen molar-refractivity contribution in [2.45, 2.75) is 11.3 Å². The Morgan fingerprint density at radius 3 is 2.68 bits per heavy atom. The molecule has 0 amide bonds. The van der Waals surface area contributed by atoms with Gasteiger partial charge < -0.3 is 5.21 Å².